The van der Waals surface area contributed by atoms with Gasteiger partial charge in [-0.2, -0.15) is 0 Å². The Morgan fingerprint density at radius 1 is 1.06 bits per heavy atom. The third-order valence-electron chi connectivity index (χ3n) is 4.35. The molecule has 2 nitrogen and oxygen atoms in total. The highest BCUT2D eigenvalue weighted by atomic mass is 16.3. The summed E-state index contributed by atoms with van der Waals surface area (Å²) >= 11 is 0. The van der Waals surface area contributed by atoms with Crippen LogP contribution < -0.4 is 5.32 Å². The highest BCUT2D eigenvalue weighted by Gasteiger charge is 2.24. The van der Waals surface area contributed by atoms with Crippen molar-refractivity contribution in [1.29, 1.82) is 0 Å². The summed E-state index contributed by atoms with van der Waals surface area (Å²) in [6, 6.07) is 1.12. The van der Waals surface area contributed by atoms with Gasteiger partial charge in [0, 0.05) is 18.7 Å². The molecule has 0 aromatic heterocycles. The van der Waals surface area contributed by atoms with E-state index in [-0.39, 0.29) is 6.61 Å². The van der Waals surface area contributed by atoms with Gasteiger partial charge >= 0.3 is 0 Å². The number of aliphatic hydroxyl groups is 1. The van der Waals surface area contributed by atoms with E-state index < -0.39 is 0 Å². The molecule has 2 atom stereocenters. The minimum Gasteiger partial charge on any atom is -0.396 e. The van der Waals surface area contributed by atoms with E-state index in [1.54, 1.807) is 0 Å². The second-order valence-corrected chi connectivity index (χ2v) is 5.97. The average Bonchev–Trinajstić information content (AvgIpc) is 2.28. The topological polar surface area (TPSA) is 32.3 Å². The minimum atomic E-state index is 0.287. The molecule has 0 heterocycles. The summed E-state index contributed by atoms with van der Waals surface area (Å²) in [4.78, 5) is 0. The van der Waals surface area contributed by atoms with E-state index in [1.807, 2.05) is 0 Å². The largest absolute Gasteiger partial charge is 0.396 e. The molecule has 1 rings (SSSR count). The number of nitrogens with one attached hydrogen (secondary N) is 1. The molecule has 96 valence electrons. The van der Waals surface area contributed by atoms with E-state index in [2.05, 4.69) is 33.0 Å². The van der Waals surface area contributed by atoms with Crippen molar-refractivity contribution in [3.05, 3.63) is 0 Å². The number of hydrogen-bond acceptors (Lipinski definition) is 2. The monoisotopic (exact) mass is 227 g/mol. The zero-order valence-corrected chi connectivity index (χ0v) is 11.4. The van der Waals surface area contributed by atoms with Gasteiger partial charge in [-0.05, 0) is 50.4 Å². The number of rotatable bonds is 5. The Morgan fingerprint density at radius 2 is 1.62 bits per heavy atom. The first kappa shape index (κ1) is 14.0. The molecule has 0 amide bonds. The van der Waals surface area contributed by atoms with Gasteiger partial charge in [-0.3, -0.25) is 0 Å². The molecule has 2 heteroatoms. The Morgan fingerprint density at radius 3 is 2.06 bits per heavy atom. The van der Waals surface area contributed by atoms with Crippen LogP contribution in [0.2, 0.25) is 0 Å². The van der Waals surface area contributed by atoms with Gasteiger partial charge in [-0.25, -0.2) is 0 Å². The fourth-order valence-electron chi connectivity index (χ4n) is 2.65. The fourth-order valence-corrected chi connectivity index (χ4v) is 2.65. The van der Waals surface area contributed by atoms with Crippen molar-refractivity contribution in [3.8, 4) is 0 Å². The molecule has 1 aliphatic carbocycles. The quantitative estimate of drug-likeness (QED) is 0.757. The first-order chi connectivity index (χ1) is 7.54. The van der Waals surface area contributed by atoms with Crippen molar-refractivity contribution in [2.45, 2.75) is 65.5 Å². The summed E-state index contributed by atoms with van der Waals surface area (Å²) in [5.41, 5.74) is 0. The van der Waals surface area contributed by atoms with Gasteiger partial charge in [0.25, 0.3) is 0 Å². The molecule has 1 saturated carbocycles. The van der Waals surface area contributed by atoms with Crippen LogP contribution in [0.25, 0.3) is 0 Å². The Kier molecular flexibility index (Phi) is 5.77. The van der Waals surface area contributed by atoms with Gasteiger partial charge in [0.15, 0.2) is 0 Å². The van der Waals surface area contributed by atoms with Crippen LogP contribution in [0.5, 0.6) is 0 Å². The van der Waals surface area contributed by atoms with Crippen LogP contribution in [0.4, 0.5) is 0 Å². The number of hydrogen-bond donors (Lipinski definition) is 2. The van der Waals surface area contributed by atoms with E-state index in [1.165, 1.54) is 25.7 Å². The van der Waals surface area contributed by atoms with Gasteiger partial charge in [-0.1, -0.05) is 20.8 Å². The molecule has 2 unspecified atom stereocenters. The van der Waals surface area contributed by atoms with Crippen LogP contribution in [-0.4, -0.2) is 23.8 Å². The van der Waals surface area contributed by atoms with E-state index in [9.17, 15) is 0 Å². The molecule has 2 N–H and O–H groups in total. The zero-order valence-electron chi connectivity index (χ0n) is 11.4. The lowest BCUT2D eigenvalue weighted by Crippen LogP contribution is -2.43. The van der Waals surface area contributed by atoms with Crippen molar-refractivity contribution in [3.63, 3.8) is 0 Å². The maximum absolute atomic E-state index is 9.11. The van der Waals surface area contributed by atoms with Crippen molar-refractivity contribution < 1.29 is 5.11 Å². The number of aliphatic hydroxyl groups excluding tert-OH is 1. The maximum atomic E-state index is 9.11. The Hall–Kier alpha value is -0.0800. The SMILES string of the molecule is CC(C)C1CCC(NC(C)C(C)CO)CC1. The van der Waals surface area contributed by atoms with E-state index in [4.69, 9.17) is 5.11 Å². The smallest absolute Gasteiger partial charge is 0.0471 e. The Bertz CT molecular complexity index is 185. The predicted molar refractivity (Wildman–Crippen MR) is 69.4 cm³/mol. The van der Waals surface area contributed by atoms with Crippen molar-refractivity contribution in [2.24, 2.45) is 17.8 Å². The lowest BCUT2D eigenvalue weighted by molar-refractivity contribution is 0.180. The van der Waals surface area contributed by atoms with Gasteiger partial charge < -0.3 is 10.4 Å². The third kappa shape index (κ3) is 4.06. The summed E-state index contributed by atoms with van der Waals surface area (Å²) in [5, 5.41) is 12.8. The van der Waals surface area contributed by atoms with Crippen molar-refractivity contribution in [1.82, 2.24) is 5.32 Å². The first-order valence-corrected chi connectivity index (χ1v) is 6.91. The van der Waals surface area contributed by atoms with Gasteiger partial charge in [0.1, 0.15) is 0 Å². The molecule has 0 radical (unpaired) electrons. The van der Waals surface area contributed by atoms with Gasteiger partial charge in [0.05, 0.1) is 0 Å². The van der Waals surface area contributed by atoms with Crippen molar-refractivity contribution >= 4 is 0 Å². The molecule has 0 aliphatic heterocycles. The van der Waals surface area contributed by atoms with Crippen LogP contribution in [0.15, 0.2) is 0 Å². The lowest BCUT2D eigenvalue weighted by atomic mass is 9.79. The third-order valence-corrected chi connectivity index (χ3v) is 4.35. The molecular formula is C14H29NO. The van der Waals surface area contributed by atoms with Crippen LogP contribution in [0.1, 0.15) is 53.4 Å². The molecule has 16 heavy (non-hydrogen) atoms. The van der Waals surface area contributed by atoms with Crippen LogP contribution in [0.3, 0.4) is 0 Å². The summed E-state index contributed by atoms with van der Waals surface area (Å²) < 4.78 is 0. The average molecular weight is 227 g/mol. The van der Waals surface area contributed by atoms with Crippen LogP contribution >= 0.6 is 0 Å². The van der Waals surface area contributed by atoms with E-state index in [0.717, 1.165) is 11.8 Å². The standard InChI is InChI=1S/C14H29NO/c1-10(2)13-5-7-14(8-6-13)15-12(4)11(3)9-16/h10-16H,5-9H2,1-4H3. The molecule has 0 aromatic rings. The van der Waals surface area contributed by atoms with Crippen molar-refractivity contribution in [2.75, 3.05) is 6.61 Å². The second-order valence-electron chi connectivity index (χ2n) is 5.97. The Balaban J connectivity index is 2.26. The molecule has 1 fully saturated rings. The maximum Gasteiger partial charge on any atom is 0.0471 e. The Labute approximate surface area is 101 Å². The zero-order chi connectivity index (χ0) is 12.1. The normalized spacial score (nSPS) is 30.4. The molecule has 0 aromatic carbocycles. The molecule has 0 bridgehead atoms. The fraction of sp³-hybridized carbons (Fsp3) is 1.00. The van der Waals surface area contributed by atoms with Gasteiger partial charge in [-0.15, -0.1) is 0 Å². The van der Waals surface area contributed by atoms with E-state index >= 15 is 0 Å². The summed E-state index contributed by atoms with van der Waals surface area (Å²) in [6.45, 7) is 9.27. The molecule has 1 aliphatic rings. The summed E-state index contributed by atoms with van der Waals surface area (Å²) in [7, 11) is 0. The second kappa shape index (κ2) is 6.61. The lowest BCUT2D eigenvalue weighted by Gasteiger charge is -2.34. The minimum absolute atomic E-state index is 0.287. The summed E-state index contributed by atoms with van der Waals surface area (Å²) in [6.07, 6.45) is 5.36. The molecule has 0 saturated heterocycles. The van der Waals surface area contributed by atoms with Crippen LogP contribution in [-0.2, 0) is 0 Å². The highest BCUT2D eigenvalue weighted by Crippen LogP contribution is 2.30. The van der Waals surface area contributed by atoms with E-state index in [0.29, 0.717) is 18.0 Å². The first-order valence-electron chi connectivity index (χ1n) is 6.91. The molecule has 0 spiro atoms. The predicted octanol–water partition coefficient (Wildman–Crippen LogP) is 2.81. The molecular weight excluding hydrogens is 198 g/mol. The van der Waals surface area contributed by atoms with Gasteiger partial charge in [0.2, 0.25) is 0 Å². The van der Waals surface area contributed by atoms with Crippen LogP contribution in [0, 0.1) is 17.8 Å². The highest BCUT2D eigenvalue weighted by molar-refractivity contribution is 4.81. The summed E-state index contributed by atoms with van der Waals surface area (Å²) in [5.74, 6) is 2.14.